The molecule has 4 rings (SSSR count). The monoisotopic (exact) mass is 429 g/mol. The fourth-order valence-electron chi connectivity index (χ4n) is 3.13. The van der Waals surface area contributed by atoms with Crippen molar-refractivity contribution in [2.75, 3.05) is 18.2 Å². The second-order valence-electron chi connectivity index (χ2n) is 6.96. The van der Waals surface area contributed by atoms with E-state index in [2.05, 4.69) is 10.3 Å². The average Bonchev–Trinajstić information content (AvgIpc) is 3.54. The highest BCUT2D eigenvalue weighted by atomic mass is 35.5. The van der Waals surface area contributed by atoms with Crippen molar-refractivity contribution in [2.45, 2.75) is 31.0 Å². The molecule has 0 spiro atoms. The summed E-state index contributed by atoms with van der Waals surface area (Å²) in [5.41, 5.74) is 2.00. The lowest BCUT2D eigenvalue weighted by molar-refractivity contribution is -0.113. The fraction of sp³-hybridized carbons (Fsp3) is 0.286. The van der Waals surface area contributed by atoms with Crippen LogP contribution >= 0.6 is 23.4 Å². The van der Waals surface area contributed by atoms with Crippen LogP contribution in [0.25, 0.3) is 10.9 Å². The molecule has 1 heterocycles. The number of amides is 1. The van der Waals surface area contributed by atoms with Crippen LogP contribution in [0.1, 0.15) is 24.4 Å². The van der Waals surface area contributed by atoms with Gasteiger partial charge in [0, 0.05) is 17.1 Å². The van der Waals surface area contributed by atoms with Gasteiger partial charge in [0.2, 0.25) is 5.91 Å². The van der Waals surface area contributed by atoms with Crippen LogP contribution in [-0.2, 0) is 4.79 Å². The zero-order valence-corrected chi connectivity index (χ0v) is 17.6. The Bertz CT molecular complexity index is 1160. The normalized spacial score (nSPS) is 13.5. The molecule has 150 valence electrons. The van der Waals surface area contributed by atoms with Gasteiger partial charge >= 0.3 is 0 Å². The van der Waals surface area contributed by atoms with Gasteiger partial charge in [-0.05, 0) is 43.5 Å². The summed E-state index contributed by atoms with van der Waals surface area (Å²) in [5, 5.41) is 4.61. The Kier molecular flexibility index (Phi) is 5.52. The molecule has 3 aromatic rings. The Hall–Kier alpha value is -2.51. The Morgan fingerprint density at radius 2 is 2.10 bits per heavy atom. The number of halogens is 1. The van der Waals surface area contributed by atoms with Crippen LogP contribution in [0, 0.1) is 6.92 Å². The molecule has 0 saturated heterocycles. The lowest BCUT2D eigenvalue weighted by atomic mass is 10.2. The molecule has 0 bridgehead atoms. The number of thioether (sulfide) groups is 1. The number of anilines is 1. The van der Waals surface area contributed by atoms with Crippen molar-refractivity contribution in [2.24, 2.45) is 0 Å². The largest absolute Gasteiger partial charge is 0.495 e. The molecule has 1 aromatic heterocycles. The number of rotatable bonds is 6. The summed E-state index contributed by atoms with van der Waals surface area (Å²) in [4.78, 5) is 30.1. The van der Waals surface area contributed by atoms with Gasteiger partial charge in [-0.1, -0.05) is 35.5 Å². The Balaban J connectivity index is 1.56. The maximum Gasteiger partial charge on any atom is 0.262 e. The molecule has 1 aliphatic carbocycles. The van der Waals surface area contributed by atoms with Gasteiger partial charge in [-0.2, -0.15) is 0 Å². The molecule has 29 heavy (non-hydrogen) atoms. The highest BCUT2D eigenvalue weighted by Crippen LogP contribution is 2.37. The van der Waals surface area contributed by atoms with Gasteiger partial charge < -0.3 is 10.1 Å². The van der Waals surface area contributed by atoms with Crippen LogP contribution in [0.5, 0.6) is 5.75 Å². The molecule has 0 radical (unpaired) electrons. The number of hydrogen-bond acceptors (Lipinski definition) is 5. The quantitative estimate of drug-likeness (QED) is 0.463. The molecule has 8 heteroatoms. The number of aromatic nitrogens is 2. The molecule has 0 aliphatic heterocycles. The van der Waals surface area contributed by atoms with E-state index in [-0.39, 0.29) is 23.3 Å². The van der Waals surface area contributed by atoms with Crippen LogP contribution in [0.3, 0.4) is 0 Å². The average molecular weight is 430 g/mol. The number of fused-ring (bicyclic) bond motifs is 1. The number of benzene rings is 2. The molecule has 0 atom stereocenters. The van der Waals surface area contributed by atoms with E-state index in [0.717, 1.165) is 18.4 Å². The van der Waals surface area contributed by atoms with Crippen molar-refractivity contribution >= 4 is 45.9 Å². The SMILES string of the molecule is COc1cc(Cl)c(C)cc1NC(=O)CSc1nc2ccccc2c(=O)n1C1CC1. The zero-order valence-electron chi connectivity index (χ0n) is 16.1. The van der Waals surface area contributed by atoms with E-state index in [1.165, 1.54) is 18.9 Å². The van der Waals surface area contributed by atoms with E-state index >= 15 is 0 Å². The number of methoxy groups -OCH3 is 1. The van der Waals surface area contributed by atoms with Crippen LogP contribution in [0.15, 0.2) is 46.3 Å². The topological polar surface area (TPSA) is 73.2 Å². The Labute approximate surface area is 177 Å². The van der Waals surface area contributed by atoms with Gasteiger partial charge in [-0.15, -0.1) is 0 Å². The van der Waals surface area contributed by atoms with Gasteiger partial charge in [0.25, 0.3) is 5.56 Å². The molecule has 6 nitrogen and oxygen atoms in total. The van der Waals surface area contributed by atoms with Gasteiger partial charge in [0.1, 0.15) is 5.75 Å². The van der Waals surface area contributed by atoms with Gasteiger partial charge in [-0.25, -0.2) is 4.98 Å². The molecular formula is C21H20ClN3O3S. The van der Waals surface area contributed by atoms with E-state index in [0.29, 0.717) is 32.5 Å². The van der Waals surface area contributed by atoms with E-state index in [9.17, 15) is 9.59 Å². The van der Waals surface area contributed by atoms with Crippen molar-refractivity contribution in [3.05, 3.63) is 57.3 Å². The number of aryl methyl sites for hydroxylation is 1. The predicted molar refractivity (Wildman–Crippen MR) is 116 cm³/mol. The molecule has 0 unspecified atom stereocenters. The third-order valence-corrected chi connectivity index (χ3v) is 6.13. The van der Waals surface area contributed by atoms with E-state index in [1.54, 1.807) is 22.8 Å². The number of carbonyl (C=O) groups excluding carboxylic acids is 1. The Morgan fingerprint density at radius 1 is 1.34 bits per heavy atom. The minimum Gasteiger partial charge on any atom is -0.495 e. The van der Waals surface area contributed by atoms with Crippen LogP contribution < -0.4 is 15.6 Å². The van der Waals surface area contributed by atoms with E-state index in [1.807, 2.05) is 25.1 Å². The van der Waals surface area contributed by atoms with Crippen molar-refractivity contribution in [1.29, 1.82) is 0 Å². The minimum absolute atomic E-state index is 0.0454. The van der Waals surface area contributed by atoms with Crippen molar-refractivity contribution in [3.63, 3.8) is 0 Å². The summed E-state index contributed by atoms with van der Waals surface area (Å²) in [5.74, 6) is 0.417. The maximum absolute atomic E-state index is 12.9. The fourth-order valence-corrected chi connectivity index (χ4v) is 4.15. The van der Waals surface area contributed by atoms with Gasteiger partial charge in [0.15, 0.2) is 5.16 Å². The second kappa shape index (κ2) is 8.08. The predicted octanol–water partition coefficient (Wildman–Crippen LogP) is 4.43. The van der Waals surface area contributed by atoms with E-state index < -0.39 is 0 Å². The lowest BCUT2D eigenvalue weighted by Crippen LogP contribution is -2.23. The molecular weight excluding hydrogens is 410 g/mol. The summed E-state index contributed by atoms with van der Waals surface area (Å²) >= 11 is 7.39. The summed E-state index contributed by atoms with van der Waals surface area (Å²) in [7, 11) is 1.53. The molecule has 1 N–H and O–H groups in total. The standard InChI is InChI=1S/C21H20ClN3O3S/c1-12-9-17(18(28-2)10-15(12)22)23-19(26)11-29-21-24-16-6-4-3-5-14(16)20(27)25(21)13-7-8-13/h3-6,9-10,13H,7-8,11H2,1-2H3,(H,23,26). The highest BCUT2D eigenvalue weighted by molar-refractivity contribution is 7.99. The van der Waals surface area contributed by atoms with Gasteiger partial charge in [-0.3, -0.25) is 14.2 Å². The number of para-hydroxylation sites is 1. The number of nitrogens with one attached hydrogen (secondary N) is 1. The summed E-state index contributed by atoms with van der Waals surface area (Å²) in [6.45, 7) is 1.86. The van der Waals surface area contributed by atoms with Gasteiger partial charge in [0.05, 0.1) is 29.5 Å². The number of ether oxygens (including phenoxy) is 1. The summed E-state index contributed by atoms with van der Waals surface area (Å²) in [6, 6.07) is 10.9. The number of nitrogens with zero attached hydrogens (tertiary/aromatic N) is 2. The first-order valence-electron chi connectivity index (χ1n) is 9.26. The second-order valence-corrected chi connectivity index (χ2v) is 8.31. The number of hydrogen-bond donors (Lipinski definition) is 1. The van der Waals surface area contributed by atoms with E-state index in [4.69, 9.17) is 16.3 Å². The summed E-state index contributed by atoms with van der Waals surface area (Å²) in [6.07, 6.45) is 1.92. The van der Waals surface area contributed by atoms with Crippen LogP contribution in [-0.4, -0.2) is 28.3 Å². The number of carbonyl (C=O) groups is 1. The molecule has 1 amide bonds. The third-order valence-electron chi connectivity index (χ3n) is 4.77. The van der Waals surface area contributed by atoms with Crippen LogP contribution in [0.4, 0.5) is 5.69 Å². The first kappa shape index (κ1) is 19.8. The van der Waals surface area contributed by atoms with Crippen molar-refractivity contribution < 1.29 is 9.53 Å². The molecule has 1 saturated carbocycles. The Morgan fingerprint density at radius 3 is 2.83 bits per heavy atom. The third kappa shape index (κ3) is 4.11. The molecule has 2 aromatic carbocycles. The van der Waals surface area contributed by atoms with Crippen LogP contribution in [0.2, 0.25) is 5.02 Å². The maximum atomic E-state index is 12.9. The molecule has 1 aliphatic rings. The summed E-state index contributed by atoms with van der Waals surface area (Å²) < 4.78 is 7.03. The minimum atomic E-state index is -0.209. The smallest absolute Gasteiger partial charge is 0.262 e. The van der Waals surface area contributed by atoms with Crippen molar-refractivity contribution in [3.8, 4) is 5.75 Å². The highest BCUT2D eigenvalue weighted by Gasteiger charge is 2.28. The first-order valence-corrected chi connectivity index (χ1v) is 10.6. The lowest BCUT2D eigenvalue weighted by Gasteiger charge is -2.14. The first-order chi connectivity index (χ1) is 14.0. The molecule has 1 fully saturated rings. The van der Waals surface area contributed by atoms with Crippen molar-refractivity contribution in [1.82, 2.24) is 9.55 Å². The zero-order chi connectivity index (χ0) is 20.5.